The molecule has 0 bridgehead atoms. The van der Waals surface area contributed by atoms with Gasteiger partial charge in [0.25, 0.3) is 0 Å². The third-order valence-corrected chi connectivity index (χ3v) is 3.96. The molecule has 4 atom stereocenters. The van der Waals surface area contributed by atoms with Gasteiger partial charge in [0.15, 0.2) is 0 Å². The van der Waals surface area contributed by atoms with Crippen LogP contribution in [-0.2, 0) is 4.79 Å². The molecule has 0 aromatic carbocycles. The van der Waals surface area contributed by atoms with E-state index in [9.17, 15) is 25.2 Å². The first-order valence-corrected chi connectivity index (χ1v) is 8.42. The fourth-order valence-electron chi connectivity index (χ4n) is 2.30. The highest BCUT2D eigenvalue weighted by Gasteiger charge is 2.31. The number of likely N-dealkylation sites (N-methyl/N-ethyl adjacent to an activating group) is 1. The lowest BCUT2D eigenvalue weighted by Crippen LogP contribution is -2.49. The standard InChI is InChI=1S/C16H33NO6/c1-3-4-5-6-7-8-9-14(21)17(2)10-12(19)15(22)16(23)13(20)11-18/h12-13,15-16,18-20,22-23H,3-11H2,1-2H3/t12-,13+,15-,16+/m0/s1. The smallest absolute Gasteiger partial charge is 0.222 e. The van der Waals surface area contributed by atoms with Gasteiger partial charge in [-0.1, -0.05) is 39.0 Å². The van der Waals surface area contributed by atoms with E-state index < -0.39 is 31.0 Å². The van der Waals surface area contributed by atoms with Crippen LogP contribution in [0.3, 0.4) is 0 Å². The van der Waals surface area contributed by atoms with Gasteiger partial charge in [0.1, 0.15) is 24.4 Å². The van der Waals surface area contributed by atoms with E-state index in [-0.39, 0.29) is 12.5 Å². The molecule has 0 spiro atoms. The molecule has 0 aliphatic carbocycles. The third kappa shape index (κ3) is 9.22. The molecule has 138 valence electrons. The summed E-state index contributed by atoms with van der Waals surface area (Å²) in [6.07, 6.45) is 0.593. The Morgan fingerprint density at radius 1 is 0.913 bits per heavy atom. The van der Waals surface area contributed by atoms with E-state index in [4.69, 9.17) is 5.11 Å². The van der Waals surface area contributed by atoms with Gasteiger partial charge in [-0.2, -0.15) is 0 Å². The van der Waals surface area contributed by atoms with E-state index >= 15 is 0 Å². The number of aliphatic hydroxyl groups is 5. The van der Waals surface area contributed by atoms with Crippen molar-refractivity contribution in [2.24, 2.45) is 0 Å². The predicted molar refractivity (Wildman–Crippen MR) is 86.7 cm³/mol. The first-order valence-electron chi connectivity index (χ1n) is 8.42. The largest absolute Gasteiger partial charge is 0.394 e. The molecule has 0 saturated carbocycles. The SMILES string of the molecule is CCCCCCCCC(=O)N(C)C[C@H](O)[C@H](O)[C@H](O)[C@H](O)CO. The molecule has 0 saturated heterocycles. The van der Waals surface area contributed by atoms with Crippen molar-refractivity contribution in [1.29, 1.82) is 0 Å². The average Bonchev–Trinajstić information content (AvgIpc) is 2.55. The molecule has 7 nitrogen and oxygen atoms in total. The Labute approximate surface area is 138 Å². The molecule has 7 heteroatoms. The van der Waals surface area contributed by atoms with Crippen LogP contribution in [0.5, 0.6) is 0 Å². The molecule has 0 rings (SSSR count). The lowest BCUT2D eigenvalue weighted by Gasteiger charge is -2.28. The van der Waals surface area contributed by atoms with Crippen LogP contribution in [0, 0.1) is 0 Å². The monoisotopic (exact) mass is 335 g/mol. The molecule has 0 fully saturated rings. The van der Waals surface area contributed by atoms with Crippen molar-refractivity contribution in [1.82, 2.24) is 4.90 Å². The lowest BCUT2D eigenvalue weighted by atomic mass is 10.0. The van der Waals surface area contributed by atoms with Gasteiger partial charge in [-0.3, -0.25) is 4.79 Å². The second-order valence-corrected chi connectivity index (χ2v) is 6.09. The molecule has 0 aromatic rings. The number of rotatable bonds is 13. The molecule has 0 aromatic heterocycles. The number of amides is 1. The Kier molecular flexibility index (Phi) is 12.3. The number of unbranched alkanes of at least 4 members (excludes halogenated alkanes) is 5. The van der Waals surface area contributed by atoms with Crippen molar-refractivity contribution < 1.29 is 30.3 Å². The second kappa shape index (κ2) is 12.7. The summed E-state index contributed by atoms with van der Waals surface area (Å²) in [5.41, 5.74) is 0. The highest BCUT2D eigenvalue weighted by molar-refractivity contribution is 5.75. The van der Waals surface area contributed by atoms with Crippen molar-refractivity contribution in [3.63, 3.8) is 0 Å². The Hall–Kier alpha value is -0.730. The van der Waals surface area contributed by atoms with Crippen LogP contribution in [-0.4, -0.2) is 81.0 Å². The minimum Gasteiger partial charge on any atom is -0.394 e. The fourth-order valence-corrected chi connectivity index (χ4v) is 2.30. The van der Waals surface area contributed by atoms with Crippen LogP contribution in [0.2, 0.25) is 0 Å². The Bertz CT molecular complexity index is 315. The summed E-state index contributed by atoms with van der Waals surface area (Å²) in [6, 6.07) is 0. The Morgan fingerprint density at radius 3 is 2.00 bits per heavy atom. The summed E-state index contributed by atoms with van der Waals surface area (Å²) >= 11 is 0. The van der Waals surface area contributed by atoms with E-state index in [0.717, 1.165) is 19.3 Å². The Morgan fingerprint density at radius 2 is 1.43 bits per heavy atom. The fraction of sp³-hybridized carbons (Fsp3) is 0.938. The van der Waals surface area contributed by atoms with Crippen LogP contribution in [0.1, 0.15) is 51.9 Å². The van der Waals surface area contributed by atoms with Crippen molar-refractivity contribution in [3.8, 4) is 0 Å². The van der Waals surface area contributed by atoms with Crippen LogP contribution < -0.4 is 0 Å². The summed E-state index contributed by atoms with van der Waals surface area (Å²) in [7, 11) is 1.52. The first-order chi connectivity index (χ1) is 10.8. The van der Waals surface area contributed by atoms with Gasteiger partial charge < -0.3 is 30.4 Å². The maximum Gasteiger partial charge on any atom is 0.222 e. The topological polar surface area (TPSA) is 121 Å². The minimum absolute atomic E-state index is 0.135. The summed E-state index contributed by atoms with van der Waals surface area (Å²) < 4.78 is 0. The van der Waals surface area contributed by atoms with E-state index in [0.29, 0.717) is 6.42 Å². The summed E-state index contributed by atoms with van der Waals surface area (Å²) in [6.45, 7) is 1.28. The molecular weight excluding hydrogens is 302 g/mol. The van der Waals surface area contributed by atoms with Crippen molar-refractivity contribution >= 4 is 5.91 Å². The molecule has 23 heavy (non-hydrogen) atoms. The quantitative estimate of drug-likeness (QED) is 0.293. The predicted octanol–water partition coefficient (Wildman–Crippen LogP) is -0.369. The number of carbonyl (C=O) groups is 1. The molecule has 0 radical (unpaired) electrons. The van der Waals surface area contributed by atoms with E-state index in [1.54, 1.807) is 0 Å². The molecule has 0 aliphatic heterocycles. The Balaban J connectivity index is 4.05. The number of hydrogen-bond acceptors (Lipinski definition) is 6. The highest BCUT2D eigenvalue weighted by Crippen LogP contribution is 2.10. The van der Waals surface area contributed by atoms with Gasteiger partial charge in [0.2, 0.25) is 5.91 Å². The maximum absolute atomic E-state index is 11.9. The summed E-state index contributed by atoms with van der Waals surface area (Å²) in [5, 5.41) is 47.0. The lowest BCUT2D eigenvalue weighted by molar-refractivity contribution is -0.138. The average molecular weight is 335 g/mol. The van der Waals surface area contributed by atoms with Crippen molar-refractivity contribution in [2.75, 3.05) is 20.2 Å². The van der Waals surface area contributed by atoms with Crippen LogP contribution in [0.15, 0.2) is 0 Å². The number of aliphatic hydroxyl groups excluding tert-OH is 5. The van der Waals surface area contributed by atoms with Gasteiger partial charge in [-0.05, 0) is 6.42 Å². The zero-order chi connectivity index (χ0) is 17.8. The van der Waals surface area contributed by atoms with Crippen LogP contribution in [0.4, 0.5) is 0 Å². The number of carbonyl (C=O) groups excluding carboxylic acids is 1. The molecule has 1 amide bonds. The van der Waals surface area contributed by atoms with Gasteiger partial charge in [0.05, 0.1) is 6.61 Å². The van der Waals surface area contributed by atoms with Gasteiger partial charge in [-0.25, -0.2) is 0 Å². The third-order valence-electron chi connectivity index (χ3n) is 3.96. The summed E-state index contributed by atoms with van der Waals surface area (Å²) in [5.74, 6) is -0.135. The maximum atomic E-state index is 11.9. The van der Waals surface area contributed by atoms with E-state index in [1.165, 1.54) is 31.2 Å². The van der Waals surface area contributed by atoms with Crippen LogP contribution in [0.25, 0.3) is 0 Å². The molecular formula is C16H33NO6. The van der Waals surface area contributed by atoms with Crippen molar-refractivity contribution in [2.45, 2.75) is 76.3 Å². The molecule has 0 aliphatic rings. The van der Waals surface area contributed by atoms with Crippen LogP contribution >= 0.6 is 0 Å². The van der Waals surface area contributed by atoms with Crippen molar-refractivity contribution in [3.05, 3.63) is 0 Å². The van der Waals surface area contributed by atoms with Gasteiger partial charge in [-0.15, -0.1) is 0 Å². The van der Waals surface area contributed by atoms with E-state index in [1.807, 2.05) is 0 Å². The first kappa shape index (κ1) is 22.3. The molecule has 0 unspecified atom stereocenters. The number of nitrogens with zero attached hydrogens (tertiary/aromatic N) is 1. The summed E-state index contributed by atoms with van der Waals surface area (Å²) in [4.78, 5) is 13.2. The van der Waals surface area contributed by atoms with Gasteiger partial charge in [0, 0.05) is 20.0 Å². The zero-order valence-electron chi connectivity index (χ0n) is 14.3. The zero-order valence-corrected chi connectivity index (χ0v) is 14.3. The molecule has 5 N–H and O–H groups in total. The van der Waals surface area contributed by atoms with Gasteiger partial charge >= 0.3 is 0 Å². The normalized spacial score (nSPS) is 16.7. The number of hydrogen-bond donors (Lipinski definition) is 5. The highest BCUT2D eigenvalue weighted by atomic mass is 16.4. The van der Waals surface area contributed by atoms with E-state index in [2.05, 4.69) is 6.92 Å². The second-order valence-electron chi connectivity index (χ2n) is 6.09. The molecule has 0 heterocycles. The minimum atomic E-state index is -1.67.